The molecule has 0 aliphatic heterocycles. The lowest BCUT2D eigenvalue weighted by molar-refractivity contribution is 0.343. The maximum Gasteiger partial charge on any atom is 0.214 e. The topological polar surface area (TPSA) is 84.4 Å². The second-order valence-corrected chi connectivity index (χ2v) is 10.0. The van der Waals surface area contributed by atoms with Crippen LogP contribution in [0.4, 0.5) is 5.82 Å². The van der Waals surface area contributed by atoms with Gasteiger partial charge >= 0.3 is 0 Å². The zero-order chi connectivity index (χ0) is 21.9. The number of sulfonamides is 1. The molecule has 0 spiro atoms. The highest BCUT2D eigenvalue weighted by molar-refractivity contribution is 7.89. The third-order valence-corrected chi connectivity index (χ3v) is 7.68. The Hall–Kier alpha value is -2.71. The molecule has 1 aliphatic rings. The number of para-hydroxylation sites is 1. The van der Waals surface area contributed by atoms with E-state index in [0.717, 1.165) is 22.7 Å². The van der Waals surface area contributed by atoms with Gasteiger partial charge in [0.05, 0.1) is 18.6 Å². The van der Waals surface area contributed by atoms with Crippen LogP contribution >= 0.6 is 0 Å². The second kappa shape index (κ2) is 8.57. The van der Waals surface area contributed by atoms with Crippen molar-refractivity contribution in [2.24, 2.45) is 11.3 Å². The molecule has 1 N–H and O–H groups in total. The molecule has 8 heteroatoms. The van der Waals surface area contributed by atoms with E-state index in [1.807, 2.05) is 62.4 Å². The van der Waals surface area contributed by atoms with Crippen molar-refractivity contribution in [1.82, 2.24) is 14.3 Å². The smallest absolute Gasteiger partial charge is 0.214 e. The van der Waals surface area contributed by atoms with Crippen molar-refractivity contribution in [3.8, 4) is 17.0 Å². The molecular formula is C22H28N4O3S. The van der Waals surface area contributed by atoms with E-state index in [-0.39, 0.29) is 11.7 Å². The van der Waals surface area contributed by atoms with E-state index in [1.165, 1.54) is 10.6 Å². The number of aromatic nitrogens is 2. The molecule has 0 bridgehead atoms. The number of ether oxygens (including phenoxy) is 1. The van der Waals surface area contributed by atoms with Crippen LogP contribution in [0.2, 0.25) is 0 Å². The van der Waals surface area contributed by atoms with Gasteiger partial charge in [0.1, 0.15) is 17.9 Å². The van der Waals surface area contributed by atoms with E-state index in [4.69, 9.17) is 4.74 Å². The van der Waals surface area contributed by atoms with Crippen molar-refractivity contribution in [1.29, 1.82) is 0 Å². The standard InChI is InChI=1S/C22H28N4O3S/c1-16-18(10-8-12-22(16,2)14-30(27,28)26(3)4)25-21-13-19(23-15-24-21)17-9-6-7-11-20(17)29-5/h6-13,15-16H,14H2,1-5H3,(H,23,24,25). The van der Waals surface area contributed by atoms with Gasteiger partial charge in [-0.1, -0.05) is 38.1 Å². The minimum atomic E-state index is -3.35. The fourth-order valence-electron chi connectivity index (χ4n) is 3.44. The van der Waals surface area contributed by atoms with Crippen molar-refractivity contribution in [2.75, 3.05) is 32.3 Å². The van der Waals surface area contributed by atoms with Gasteiger partial charge in [-0.25, -0.2) is 22.7 Å². The Labute approximate surface area is 178 Å². The molecule has 2 unspecified atom stereocenters. The van der Waals surface area contributed by atoms with Gasteiger partial charge in [-0.2, -0.15) is 0 Å². The summed E-state index contributed by atoms with van der Waals surface area (Å²) in [7, 11) is 1.40. The summed E-state index contributed by atoms with van der Waals surface area (Å²) in [5.74, 6) is 1.34. The first-order valence-electron chi connectivity index (χ1n) is 9.68. The minimum Gasteiger partial charge on any atom is -0.496 e. The minimum absolute atomic E-state index is 0.0277. The molecule has 1 aliphatic carbocycles. The summed E-state index contributed by atoms with van der Waals surface area (Å²) < 4.78 is 31.7. The summed E-state index contributed by atoms with van der Waals surface area (Å²) in [6, 6.07) is 9.53. The Bertz CT molecular complexity index is 1080. The molecule has 0 fully saturated rings. The molecular weight excluding hydrogens is 400 g/mol. The Balaban J connectivity index is 1.85. The number of methoxy groups -OCH3 is 1. The van der Waals surface area contributed by atoms with Crippen LogP contribution in [-0.4, -0.2) is 49.6 Å². The van der Waals surface area contributed by atoms with Crippen molar-refractivity contribution >= 4 is 15.8 Å². The van der Waals surface area contributed by atoms with Crippen LogP contribution in [-0.2, 0) is 10.0 Å². The van der Waals surface area contributed by atoms with Crippen LogP contribution < -0.4 is 10.1 Å². The highest BCUT2D eigenvalue weighted by Crippen LogP contribution is 2.39. The fraction of sp³-hybridized carbons (Fsp3) is 0.364. The summed E-state index contributed by atoms with van der Waals surface area (Å²) in [5, 5.41) is 3.36. The van der Waals surface area contributed by atoms with Crippen LogP contribution in [0.1, 0.15) is 13.8 Å². The second-order valence-electron chi connectivity index (χ2n) is 7.86. The summed E-state index contributed by atoms with van der Waals surface area (Å²) >= 11 is 0. The normalized spacial score (nSPS) is 21.4. The van der Waals surface area contributed by atoms with Gasteiger partial charge in [0.25, 0.3) is 0 Å². The third-order valence-electron chi connectivity index (χ3n) is 5.58. The summed E-state index contributed by atoms with van der Waals surface area (Å²) in [6.45, 7) is 3.99. The maximum absolute atomic E-state index is 12.5. The van der Waals surface area contributed by atoms with Crippen LogP contribution in [0, 0.1) is 11.3 Å². The van der Waals surface area contributed by atoms with Crippen LogP contribution in [0.25, 0.3) is 11.3 Å². The van der Waals surface area contributed by atoms with Gasteiger partial charge in [0.2, 0.25) is 10.0 Å². The average molecular weight is 429 g/mol. The van der Waals surface area contributed by atoms with Gasteiger partial charge in [0.15, 0.2) is 0 Å². The zero-order valence-corrected chi connectivity index (χ0v) is 18.8. The van der Waals surface area contributed by atoms with Crippen molar-refractivity contribution in [2.45, 2.75) is 13.8 Å². The highest BCUT2D eigenvalue weighted by atomic mass is 32.2. The van der Waals surface area contributed by atoms with Gasteiger partial charge in [-0.15, -0.1) is 0 Å². The van der Waals surface area contributed by atoms with E-state index in [1.54, 1.807) is 21.2 Å². The van der Waals surface area contributed by atoms with Crippen molar-refractivity contribution < 1.29 is 13.2 Å². The number of nitrogens with one attached hydrogen (secondary N) is 1. The molecule has 0 radical (unpaired) electrons. The molecule has 7 nitrogen and oxygen atoms in total. The zero-order valence-electron chi connectivity index (χ0n) is 18.0. The molecule has 160 valence electrons. The first kappa shape index (κ1) is 22.0. The first-order valence-corrected chi connectivity index (χ1v) is 11.3. The Kier molecular flexibility index (Phi) is 6.28. The third kappa shape index (κ3) is 4.55. The first-order chi connectivity index (χ1) is 14.2. The van der Waals surface area contributed by atoms with Crippen LogP contribution in [0.5, 0.6) is 5.75 Å². The van der Waals surface area contributed by atoms with E-state index < -0.39 is 15.4 Å². The lowest BCUT2D eigenvalue weighted by Crippen LogP contribution is -2.39. The van der Waals surface area contributed by atoms with Crippen LogP contribution in [0.3, 0.4) is 0 Å². The number of anilines is 1. The van der Waals surface area contributed by atoms with E-state index >= 15 is 0 Å². The van der Waals surface area contributed by atoms with Gasteiger partial charge < -0.3 is 10.1 Å². The molecule has 0 amide bonds. The molecule has 0 saturated carbocycles. The molecule has 1 aromatic carbocycles. The molecule has 1 aromatic heterocycles. The Morgan fingerprint density at radius 1 is 1.23 bits per heavy atom. The van der Waals surface area contributed by atoms with E-state index in [0.29, 0.717) is 5.82 Å². The monoisotopic (exact) mass is 428 g/mol. The summed E-state index contributed by atoms with van der Waals surface area (Å²) in [5.41, 5.74) is 1.97. The van der Waals surface area contributed by atoms with Gasteiger partial charge in [-0.05, 0) is 18.2 Å². The average Bonchev–Trinajstić information content (AvgIpc) is 2.71. The molecule has 1 heterocycles. The maximum atomic E-state index is 12.5. The fourth-order valence-corrected chi connectivity index (χ4v) is 4.83. The van der Waals surface area contributed by atoms with Gasteiger partial charge in [-0.3, -0.25) is 0 Å². The van der Waals surface area contributed by atoms with Crippen molar-refractivity contribution in [3.05, 3.63) is 60.6 Å². The number of hydrogen-bond acceptors (Lipinski definition) is 6. The van der Waals surface area contributed by atoms with Gasteiger partial charge in [0, 0.05) is 42.8 Å². The summed E-state index contributed by atoms with van der Waals surface area (Å²) in [4.78, 5) is 8.72. The lowest BCUT2D eigenvalue weighted by atomic mass is 9.75. The molecule has 2 atom stereocenters. The molecule has 0 saturated heterocycles. The van der Waals surface area contributed by atoms with E-state index in [9.17, 15) is 8.42 Å². The SMILES string of the molecule is COc1ccccc1-c1cc(NC2=CC=CC(C)(CS(=O)(=O)N(C)C)C2C)ncn1. The number of benzene rings is 1. The number of rotatable bonds is 7. The summed E-state index contributed by atoms with van der Waals surface area (Å²) in [6.07, 6.45) is 7.32. The molecule has 30 heavy (non-hydrogen) atoms. The van der Waals surface area contributed by atoms with Crippen molar-refractivity contribution in [3.63, 3.8) is 0 Å². The predicted molar refractivity (Wildman–Crippen MR) is 120 cm³/mol. The predicted octanol–water partition coefficient (Wildman–Crippen LogP) is 3.55. The van der Waals surface area contributed by atoms with E-state index in [2.05, 4.69) is 15.3 Å². The largest absolute Gasteiger partial charge is 0.496 e. The number of allylic oxidation sites excluding steroid dienone is 4. The molecule has 3 rings (SSSR count). The molecule has 2 aromatic rings. The Morgan fingerprint density at radius 3 is 2.67 bits per heavy atom. The highest BCUT2D eigenvalue weighted by Gasteiger charge is 2.38. The quantitative estimate of drug-likeness (QED) is 0.726. The van der Waals surface area contributed by atoms with Crippen LogP contribution in [0.15, 0.2) is 60.6 Å². The number of nitrogens with zero attached hydrogens (tertiary/aromatic N) is 3. The Morgan fingerprint density at radius 2 is 1.97 bits per heavy atom. The number of hydrogen-bond donors (Lipinski definition) is 1. The lowest BCUT2D eigenvalue weighted by Gasteiger charge is -2.37.